The van der Waals surface area contributed by atoms with Gasteiger partial charge in [0.15, 0.2) is 0 Å². The molecule has 17 heavy (non-hydrogen) atoms. The van der Waals surface area contributed by atoms with Crippen LogP contribution in [-0.4, -0.2) is 18.3 Å². The molecule has 0 spiro atoms. The predicted octanol–water partition coefficient (Wildman–Crippen LogP) is 1.88. The summed E-state index contributed by atoms with van der Waals surface area (Å²) in [6, 6.07) is 0.606. The molecule has 1 unspecified atom stereocenters. The Morgan fingerprint density at radius 3 is 2.18 bits per heavy atom. The molecule has 4 saturated carbocycles. The Kier molecular flexibility index (Phi) is 2.11. The lowest BCUT2D eigenvalue weighted by molar-refractivity contribution is -0.0706. The van der Waals surface area contributed by atoms with Crippen LogP contribution in [0.3, 0.4) is 0 Å². The molecule has 94 valence electrons. The van der Waals surface area contributed by atoms with Gasteiger partial charge in [0, 0.05) is 13.0 Å². The summed E-state index contributed by atoms with van der Waals surface area (Å²) >= 11 is 0. The summed E-state index contributed by atoms with van der Waals surface area (Å²) in [6.07, 6.45) is 10.1. The van der Waals surface area contributed by atoms with Crippen LogP contribution < -0.4 is 11.2 Å². The Hall–Kier alpha value is -0.570. The number of nitrogens with one attached hydrogen (secondary N) is 1. The smallest absolute Gasteiger partial charge is 0.0549 e. The third-order valence-electron chi connectivity index (χ3n) is 5.88. The molecule has 0 amide bonds. The van der Waals surface area contributed by atoms with Gasteiger partial charge in [-0.1, -0.05) is 0 Å². The molecule has 1 aliphatic heterocycles. The maximum atomic E-state index is 5.72. The van der Waals surface area contributed by atoms with Crippen molar-refractivity contribution in [2.24, 2.45) is 34.0 Å². The zero-order chi connectivity index (χ0) is 11.5. The molecule has 1 heterocycles. The zero-order valence-corrected chi connectivity index (χ0v) is 10.5. The molecule has 0 aromatic carbocycles. The molecule has 4 bridgehead atoms. The van der Waals surface area contributed by atoms with Crippen LogP contribution in [0.5, 0.6) is 0 Å². The van der Waals surface area contributed by atoms with Crippen molar-refractivity contribution in [3.05, 3.63) is 0 Å². The molecule has 5 rings (SSSR count). The normalized spacial score (nSPS) is 51.5. The molecule has 3 N–H and O–H groups in total. The largest absolute Gasteiger partial charge is 0.325 e. The number of rotatable bonds is 2. The summed E-state index contributed by atoms with van der Waals surface area (Å²) in [5.74, 6) is 3.10. The van der Waals surface area contributed by atoms with Crippen LogP contribution in [0, 0.1) is 23.2 Å². The van der Waals surface area contributed by atoms with E-state index in [-0.39, 0.29) is 0 Å². The Morgan fingerprint density at radius 2 is 1.71 bits per heavy atom. The number of nitrogens with zero attached hydrogens (tertiary/aromatic N) is 1. The molecule has 4 fully saturated rings. The Bertz CT molecular complexity index is 325. The van der Waals surface area contributed by atoms with E-state index in [0.29, 0.717) is 18.0 Å². The molecule has 3 heteroatoms. The number of nitrogens with two attached hydrogens (primary N) is 1. The van der Waals surface area contributed by atoms with Gasteiger partial charge in [-0.15, -0.1) is 0 Å². The van der Waals surface area contributed by atoms with Crippen molar-refractivity contribution in [2.45, 2.75) is 51.0 Å². The van der Waals surface area contributed by atoms with E-state index in [9.17, 15) is 0 Å². The molecule has 3 nitrogen and oxygen atoms in total. The van der Waals surface area contributed by atoms with E-state index in [2.05, 4.69) is 10.5 Å². The van der Waals surface area contributed by atoms with E-state index in [4.69, 9.17) is 5.73 Å². The van der Waals surface area contributed by atoms with E-state index < -0.39 is 0 Å². The highest BCUT2D eigenvalue weighted by Crippen LogP contribution is 2.61. The summed E-state index contributed by atoms with van der Waals surface area (Å²) in [5.41, 5.74) is 10.9. The first-order valence-electron chi connectivity index (χ1n) is 7.28. The second-order valence-corrected chi connectivity index (χ2v) is 7.05. The highest BCUT2D eigenvalue weighted by Gasteiger charge is 2.54. The standard InChI is InChI=1S/C14H23N3/c15-8-12-4-13(17-16-12)14-5-9-1-10(6-14)3-11(2-9)7-14/h9-11,13,17H,1-8,15H2. The lowest BCUT2D eigenvalue weighted by Crippen LogP contribution is -2.54. The molecule has 0 saturated heterocycles. The van der Waals surface area contributed by atoms with Gasteiger partial charge in [0.2, 0.25) is 0 Å². The first kappa shape index (κ1) is 10.4. The predicted molar refractivity (Wildman–Crippen MR) is 68.6 cm³/mol. The van der Waals surface area contributed by atoms with Gasteiger partial charge < -0.3 is 11.2 Å². The minimum atomic E-state index is 0.579. The third-order valence-corrected chi connectivity index (χ3v) is 5.88. The second kappa shape index (κ2) is 3.47. The number of hydrazone groups is 1. The summed E-state index contributed by atoms with van der Waals surface area (Å²) in [6.45, 7) is 0.635. The number of hydrogen-bond donors (Lipinski definition) is 2. The average molecular weight is 233 g/mol. The van der Waals surface area contributed by atoms with Gasteiger partial charge in [-0.25, -0.2) is 0 Å². The molecule has 0 radical (unpaired) electrons. The maximum absolute atomic E-state index is 5.72. The van der Waals surface area contributed by atoms with Crippen molar-refractivity contribution in [1.82, 2.24) is 5.43 Å². The summed E-state index contributed by atoms with van der Waals surface area (Å²) in [7, 11) is 0. The molecule has 0 aromatic heterocycles. The van der Waals surface area contributed by atoms with E-state index in [0.717, 1.165) is 24.2 Å². The van der Waals surface area contributed by atoms with Crippen molar-refractivity contribution < 1.29 is 0 Å². The fourth-order valence-electron chi connectivity index (χ4n) is 5.58. The van der Waals surface area contributed by atoms with Gasteiger partial charge in [-0.3, -0.25) is 0 Å². The second-order valence-electron chi connectivity index (χ2n) is 7.05. The fourth-order valence-corrected chi connectivity index (χ4v) is 5.58. The molecule has 0 aromatic rings. The monoisotopic (exact) mass is 233 g/mol. The van der Waals surface area contributed by atoms with Crippen LogP contribution in [0.4, 0.5) is 0 Å². The van der Waals surface area contributed by atoms with Crippen LogP contribution in [0.2, 0.25) is 0 Å². The minimum absolute atomic E-state index is 0.579. The van der Waals surface area contributed by atoms with Gasteiger partial charge in [0.1, 0.15) is 0 Å². The summed E-state index contributed by atoms with van der Waals surface area (Å²) in [5, 5.41) is 4.43. The highest BCUT2D eigenvalue weighted by atomic mass is 15.3. The third kappa shape index (κ3) is 1.48. The zero-order valence-electron chi connectivity index (χ0n) is 10.5. The minimum Gasteiger partial charge on any atom is -0.325 e. The van der Waals surface area contributed by atoms with Crippen molar-refractivity contribution in [2.75, 3.05) is 6.54 Å². The van der Waals surface area contributed by atoms with Gasteiger partial charge in [0.25, 0.3) is 0 Å². The van der Waals surface area contributed by atoms with Crippen LogP contribution in [0.15, 0.2) is 5.10 Å². The van der Waals surface area contributed by atoms with Gasteiger partial charge in [-0.2, -0.15) is 5.10 Å². The van der Waals surface area contributed by atoms with Crippen molar-refractivity contribution >= 4 is 5.71 Å². The lowest BCUT2D eigenvalue weighted by Gasteiger charge is -2.58. The van der Waals surface area contributed by atoms with Gasteiger partial charge >= 0.3 is 0 Å². The highest BCUT2D eigenvalue weighted by molar-refractivity contribution is 5.87. The van der Waals surface area contributed by atoms with Crippen molar-refractivity contribution in [3.63, 3.8) is 0 Å². The maximum Gasteiger partial charge on any atom is 0.0549 e. The SMILES string of the molecule is NCC1=NNC(C23CC4CC(CC(C4)C2)C3)C1. The van der Waals surface area contributed by atoms with Crippen LogP contribution in [0.1, 0.15) is 44.9 Å². The fraction of sp³-hybridized carbons (Fsp3) is 0.929. The molecular formula is C14H23N3. The molecule has 5 aliphatic rings. The summed E-state index contributed by atoms with van der Waals surface area (Å²) < 4.78 is 0. The Balaban J connectivity index is 1.57. The first-order valence-corrected chi connectivity index (χ1v) is 7.28. The van der Waals surface area contributed by atoms with Crippen molar-refractivity contribution in [1.29, 1.82) is 0 Å². The first-order chi connectivity index (χ1) is 8.27. The van der Waals surface area contributed by atoms with Crippen LogP contribution in [-0.2, 0) is 0 Å². The lowest BCUT2D eigenvalue weighted by atomic mass is 9.47. The average Bonchev–Trinajstić information content (AvgIpc) is 2.76. The van der Waals surface area contributed by atoms with E-state index >= 15 is 0 Å². The van der Waals surface area contributed by atoms with Crippen LogP contribution >= 0.6 is 0 Å². The van der Waals surface area contributed by atoms with Crippen molar-refractivity contribution in [3.8, 4) is 0 Å². The van der Waals surface area contributed by atoms with Gasteiger partial charge in [0.05, 0.1) is 11.8 Å². The quantitative estimate of drug-likeness (QED) is 0.765. The molecular weight excluding hydrogens is 210 g/mol. The topological polar surface area (TPSA) is 50.4 Å². The van der Waals surface area contributed by atoms with Crippen LogP contribution in [0.25, 0.3) is 0 Å². The molecule has 4 aliphatic carbocycles. The van der Waals surface area contributed by atoms with Gasteiger partial charge in [-0.05, 0) is 61.7 Å². The van der Waals surface area contributed by atoms with E-state index in [1.165, 1.54) is 44.2 Å². The summed E-state index contributed by atoms with van der Waals surface area (Å²) in [4.78, 5) is 0. The van der Waals surface area contributed by atoms with E-state index in [1.54, 1.807) is 0 Å². The van der Waals surface area contributed by atoms with E-state index in [1.807, 2.05) is 0 Å². The number of hydrogen-bond acceptors (Lipinski definition) is 3. The Morgan fingerprint density at radius 1 is 1.12 bits per heavy atom. The molecule has 1 atom stereocenters. The Labute approximate surface area is 103 Å².